The fourth-order valence-electron chi connectivity index (χ4n) is 4.07. The first-order valence-corrected chi connectivity index (χ1v) is 12.2. The van der Waals surface area contributed by atoms with Crippen LogP contribution in [-0.2, 0) is 30.2 Å². The van der Waals surface area contributed by atoms with Crippen LogP contribution in [0.5, 0.6) is 0 Å². The van der Waals surface area contributed by atoms with Crippen molar-refractivity contribution in [1.29, 1.82) is 0 Å². The lowest BCUT2D eigenvalue weighted by molar-refractivity contribution is 0.0950. The Morgan fingerprint density at radius 3 is 2.47 bits per heavy atom. The molecule has 9 nitrogen and oxygen atoms in total. The molecule has 0 spiro atoms. The minimum atomic E-state index is -4.16. The molecular weight excluding hydrogens is 475 g/mol. The zero-order valence-corrected chi connectivity index (χ0v) is 19.0. The number of nitrogens with one attached hydrogen (secondary N) is 1. The third-order valence-corrected chi connectivity index (χ3v) is 8.00. The van der Waals surface area contributed by atoms with Gasteiger partial charge < -0.3 is 0 Å². The third kappa shape index (κ3) is 3.96. The van der Waals surface area contributed by atoms with Gasteiger partial charge >= 0.3 is 5.69 Å². The summed E-state index contributed by atoms with van der Waals surface area (Å²) in [7, 11) is -2.49. The van der Waals surface area contributed by atoms with Crippen LogP contribution in [0.1, 0.15) is 24.8 Å². The van der Waals surface area contributed by atoms with Gasteiger partial charge in [0.15, 0.2) is 0 Å². The standard InChI is InChI=1S/C21H22F3N5O4S/c1-27-9-13(8-25-27)10-29-18(30)16-6-15(34(32,33)26-20(12-22)4-5-20)2-3-17(16)28(19(29)31)11-14-7-21(14,23)24/h2-3,6,8-9,14,26H,4-5,7,10-12H2,1H3. The first kappa shape index (κ1) is 22.8. The second-order valence-corrected chi connectivity index (χ2v) is 10.8. The third-order valence-electron chi connectivity index (χ3n) is 6.42. The lowest BCUT2D eigenvalue weighted by Crippen LogP contribution is -2.41. The minimum Gasteiger partial charge on any atom is -0.293 e. The molecule has 2 aliphatic carbocycles. The summed E-state index contributed by atoms with van der Waals surface area (Å²) in [6.07, 6.45) is 3.43. The topological polar surface area (TPSA) is 108 Å². The Hall–Kier alpha value is -2.93. The first-order chi connectivity index (χ1) is 15.9. The van der Waals surface area contributed by atoms with E-state index in [0.29, 0.717) is 18.4 Å². The van der Waals surface area contributed by atoms with Crippen molar-refractivity contribution in [2.75, 3.05) is 6.67 Å². The van der Waals surface area contributed by atoms with Gasteiger partial charge in [0.2, 0.25) is 10.0 Å². The number of sulfonamides is 1. The SMILES string of the molecule is Cn1cc(Cn2c(=O)c3cc(S(=O)(=O)NC4(CF)CC4)ccc3n(CC3CC3(F)F)c2=O)cn1. The maximum atomic E-state index is 13.6. The molecular formula is C21H22F3N5O4S. The van der Waals surface area contributed by atoms with E-state index in [4.69, 9.17) is 0 Å². The van der Waals surface area contributed by atoms with Crippen LogP contribution in [0.4, 0.5) is 13.2 Å². The van der Waals surface area contributed by atoms with Crippen molar-refractivity contribution in [3.05, 3.63) is 57.0 Å². The number of aryl methyl sites for hydroxylation is 1. The van der Waals surface area contributed by atoms with Crippen molar-refractivity contribution < 1.29 is 21.6 Å². The Kier molecular flexibility index (Phi) is 5.06. The van der Waals surface area contributed by atoms with Crippen molar-refractivity contribution >= 4 is 20.9 Å². The van der Waals surface area contributed by atoms with Crippen molar-refractivity contribution in [3.8, 4) is 0 Å². The van der Waals surface area contributed by atoms with Gasteiger partial charge in [-0.25, -0.2) is 31.1 Å². The van der Waals surface area contributed by atoms with Gasteiger partial charge in [-0.1, -0.05) is 0 Å². The van der Waals surface area contributed by atoms with Crippen molar-refractivity contribution in [2.45, 2.75) is 48.7 Å². The maximum Gasteiger partial charge on any atom is 0.331 e. The molecule has 0 saturated heterocycles. The highest BCUT2D eigenvalue weighted by Crippen LogP contribution is 2.49. The number of fused-ring (bicyclic) bond motifs is 1. The van der Waals surface area contributed by atoms with E-state index in [1.807, 2.05) is 0 Å². The second-order valence-electron chi connectivity index (χ2n) is 9.17. The highest BCUT2D eigenvalue weighted by molar-refractivity contribution is 7.89. The lowest BCUT2D eigenvalue weighted by Gasteiger charge is -2.16. The predicted octanol–water partition coefficient (Wildman–Crippen LogP) is 1.38. The normalized spacial score (nSPS) is 20.5. The fraction of sp³-hybridized carbons (Fsp3) is 0.476. The van der Waals surface area contributed by atoms with Crippen LogP contribution < -0.4 is 16.0 Å². The van der Waals surface area contributed by atoms with Crippen LogP contribution in [0.3, 0.4) is 0 Å². The number of hydrogen-bond donors (Lipinski definition) is 1. The van der Waals surface area contributed by atoms with Gasteiger partial charge in [-0.2, -0.15) is 5.10 Å². The monoisotopic (exact) mass is 497 g/mol. The van der Waals surface area contributed by atoms with Gasteiger partial charge in [0.25, 0.3) is 11.5 Å². The summed E-state index contributed by atoms with van der Waals surface area (Å²) in [5.41, 5.74) is -2.07. The van der Waals surface area contributed by atoms with Crippen LogP contribution in [0.15, 0.2) is 45.1 Å². The van der Waals surface area contributed by atoms with Crippen LogP contribution in [0.2, 0.25) is 0 Å². The Morgan fingerprint density at radius 2 is 1.91 bits per heavy atom. The van der Waals surface area contributed by atoms with E-state index >= 15 is 0 Å². The van der Waals surface area contributed by atoms with Crippen LogP contribution in [0.25, 0.3) is 10.9 Å². The quantitative estimate of drug-likeness (QED) is 0.506. The highest BCUT2D eigenvalue weighted by atomic mass is 32.2. The van der Waals surface area contributed by atoms with Crippen molar-refractivity contribution in [3.63, 3.8) is 0 Å². The Balaban J connectivity index is 1.65. The molecule has 0 aliphatic heterocycles. The second kappa shape index (κ2) is 7.54. The van der Waals surface area contributed by atoms with Crippen molar-refractivity contribution in [1.82, 2.24) is 23.6 Å². The Labute approximate surface area is 191 Å². The first-order valence-electron chi connectivity index (χ1n) is 10.7. The summed E-state index contributed by atoms with van der Waals surface area (Å²) < 4.78 is 72.0. The van der Waals surface area contributed by atoms with Gasteiger partial charge in [-0.15, -0.1) is 0 Å². The van der Waals surface area contributed by atoms with E-state index in [9.17, 15) is 31.2 Å². The van der Waals surface area contributed by atoms with Gasteiger partial charge in [0.1, 0.15) is 6.67 Å². The molecule has 2 fully saturated rings. The average Bonchev–Trinajstić information content (AvgIpc) is 3.63. The van der Waals surface area contributed by atoms with Crippen LogP contribution in [0, 0.1) is 5.92 Å². The van der Waals surface area contributed by atoms with E-state index in [2.05, 4.69) is 9.82 Å². The van der Waals surface area contributed by atoms with Gasteiger partial charge in [-0.05, 0) is 31.0 Å². The summed E-state index contributed by atoms with van der Waals surface area (Å²) in [6, 6.07) is 3.55. The molecule has 0 radical (unpaired) electrons. The molecule has 182 valence electrons. The summed E-state index contributed by atoms with van der Waals surface area (Å²) >= 11 is 0. The molecule has 2 aliphatic rings. The lowest BCUT2D eigenvalue weighted by atomic mass is 10.2. The number of halogens is 3. The van der Waals surface area contributed by atoms with Gasteiger partial charge in [0.05, 0.1) is 34.1 Å². The molecule has 1 N–H and O–H groups in total. The number of nitrogens with zero attached hydrogens (tertiary/aromatic N) is 4. The summed E-state index contributed by atoms with van der Waals surface area (Å²) in [6.45, 7) is -1.33. The molecule has 1 unspecified atom stereocenters. The summed E-state index contributed by atoms with van der Waals surface area (Å²) in [5.74, 6) is -3.95. The van der Waals surface area contributed by atoms with E-state index in [0.717, 1.165) is 15.2 Å². The Bertz CT molecular complexity index is 1520. The molecule has 34 heavy (non-hydrogen) atoms. The van der Waals surface area contributed by atoms with Crippen LogP contribution >= 0.6 is 0 Å². The summed E-state index contributed by atoms with van der Waals surface area (Å²) in [5, 5.41) is 3.89. The number of benzene rings is 1. The molecule has 3 aromatic rings. The smallest absolute Gasteiger partial charge is 0.293 e. The van der Waals surface area contributed by atoms with E-state index < -0.39 is 45.3 Å². The van der Waals surface area contributed by atoms with Gasteiger partial charge in [0, 0.05) is 37.7 Å². The molecule has 5 rings (SSSR count). The van der Waals surface area contributed by atoms with E-state index in [1.54, 1.807) is 13.2 Å². The highest BCUT2D eigenvalue weighted by Gasteiger charge is 2.57. The molecule has 1 atom stereocenters. The van der Waals surface area contributed by atoms with Crippen LogP contribution in [-0.4, -0.2) is 45.5 Å². The largest absolute Gasteiger partial charge is 0.331 e. The zero-order chi connectivity index (χ0) is 24.5. The molecule has 2 saturated carbocycles. The number of alkyl halides is 3. The Morgan fingerprint density at radius 1 is 1.21 bits per heavy atom. The summed E-state index contributed by atoms with van der Waals surface area (Å²) in [4.78, 5) is 26.2. The molecule has 1 aromatic carbocycles. The average molecular weight is 497 g/mol. The fourth-order valence-corrected chi connectivity index (χ4v) is 5.53. The molecule has 2 heterocycles. The molecule has 13 heteroatoms. The molecule has 2 aromatic heterocycles. The maximum absolute atomic E-state index is 13.6. The van der Waals surface area contributed by atoms with Crippen molar-refractivity contribution in [2.24, 2.45) is 13.0 Å². The molecule has 0 amide bonds. The minimum absolute atomic E-state index is 0.0608. The molecule has 0 bridgehead atoms. The number of rotatable bonds is 8. The zero-order valence-electron chi connectivity index (χ0n) is 18.2. The number of hydrogen-bond acceptors (Lipinski definition) is 5. The van der Waals surface area contributed by atoms with E-state index in [1.165, 1.54) is 23.0 Å². The predicted molar refractivity (Wildman–Crippen MR) is 116 cm³/mol. The van der Waals surface area contributed by atoms with Gasteiger partial charge in [-0.3, -0.25) is 18.6 Å². The van der Waals surface area contributed by atoms with E-state index in [-0.39, 0.29) is 35.3 Å². The number of aromatic nitrogens is 4.